The van der Waals surface area contributed by atoms with Gasteiger partial charge < -0.3 is 25.3 Å². The third-order valence-electron chi connectivity index (χ3n) is 5.51. The molecule has 0 radical (unpaired) electrons. The van der Waals surface area contributed by atoms with Gasteiger partial charge in [-0.25, -0.2) is 4.39 Å². The highest BCUT2D eigenvalue weighted by molar-refractivity contribution is 5.78. The summed E-state index contributed by atoms with van der Waals surface area (Å²) in [6.45, 7) is 10.0. The Morgan fingerprint density at radius 2 is 1.74 bits per heavy atom. The lowest BCUT2D eigenvalue weighted by atomic mass is 10.2. The van der Waals surface area contributed by atoms with Crippen LogP contribution in [0.5, 0.6) is 0 Å². The maximum atomic E-state index is 13.1. The Hall–Kier alpha value is -1.86. The van der Waals surface area contributed by atoms with E-state index in [0.29, 0.717) is 5.96 Å². The second-order valence-electron chi connectivity index (χ2n) is 7.54. The summed E-state index contributed by atoms with van der Waals surface area (Å²) in [6.07, 6.45) is 2.31. The predicted octanol–water partition coefficient (Wildman–Crippen LogP) is 1.29. The second-order valence-corrected chi connectivity index (χ2v) is 7.54. The molecule has 2 N–H and O–H groups in total. The number of nitrogens with two attached hydrogens (primary N) is 1. The first kappa shape index (κ1) is 19.9. The fourth-order valence-electron chi connectivity index (χ4n) is 3.76. The number of benzene rings is 1. The SMILES string of the molecule is CN1CCCN(CCCN=C(N)N2CCN(c3ccc(F)cc3)CC2)CC1. The molecule has 1 aromatic rings. The largest absolute Gasteiger partial charge is 0.370 e. The van der Waals surface area contributed by atoms with Crippen molar-refractivity contribution in [1.29, 1.82) is 0 Å². The number of aliphatic imine (C=N–C) groups is 1. The molecule has 1 aromatic carbocycles. The summed E-state index contributed by atoms with van der Waals surface area (Å²) < 4.78 is 13.1. The van der Waals surface area contributed by atoms with Crippen LogP contribution in [0.25, 0.3) is 0 Å². The number of likely N-dealkylation sites (N-methyl/N-ethyl adjacent to an activating group) is 1. The van der Waals surface area contributed by atoms with Crippen molar-refractivity contribution >= 4 is 11.6 Å². The third-order valence-corrected chi connectivity index (χ3v) is 5.51. The van der Waals surface area contributed by atoms with Crippen molar-refractivity contribution in [3.8, 4) is 0 Å². The zero-order chi connectivity index (χ0) is 19.1. The van der Waals surface area contributed by atoms with Crippen LogP contribution in [0.2, 0.25) is 0 Å². The van der Waals surface area contributed by atoms with E-state index in [1.807, 2.05) is 12.1 Å². The first-order valence-corrected chi connectivity index (χ1v) is 10.1. The van der Waals surface area contributed by atoms with Crippen molar-refractivity contribution in [3.05, 3.63) is 30.1 Å². The van der Waals surface area contributed by atoms with Crippen LogP contribution in [0.15, 0.2) is 29.3 Å². The van der Waals surface area contributed by atoms with E-state index in [-0.39, 0.29) is 5.82 Å². The summed E-state index contributed by atoms with van der Waals surface area (Å²) in [5.41, 5.74) is 7.27. The maximum Gasteiger partial charge on any atom is 0.191 e. The van der Waals surface area contributed by atoms with Gasteiger partial charge in [-0.2, -0.15) is 0 Å². The van der Waals surface area contributed by atoms with Crippen LogP contribution in [0.3, 0.4) is 0 Å². The molecular formula is C20H33FN6. The first-order chi connectivity index (χ1) is 13.1. The van der Waals surface area contributed by atoms with Crippen molar-refractivity contribution in [1.82, 2.24) is 14.7 Å². The summed E-state index contributed by atoms with van der Waals surface area (Å²) in [7, 11) is 2.20. The smallest absolute Gasteiger partial charge is 0.191 e. The van der Waals surface area contributed by atoms with Gasteiger partial charge in [0.25, 0.3) is 0 Å². The minimum atomic E-state index is -0.194. The van der Waals surface area contributed by atoms with Crippen LogP contribution in [0.4, 0.5) is 10.1 Å². The molecule has 0 bridgehead atoms. The molecule has 0 spiro atoms. The topological polar surface area (TPSA) is 51.3 Å². The summed E-state index contributed by atoms with van der Waals surface area (Å²) in [6, 6.07) is 6.70. The predicted molar refractivity (Wildman–Crippen MR) is 110 cm³/mol. The number of halogens is 1. The lowest BCUT2D eigenvalue weighted by Gasteiger charge is -2.36. The zero-order valence-corrected chi connectivity index (χ0v) is 16.5. The normalized spacial score (nSPS) is 20.7. The molecule has 2 aliphatic rings. The van der Waals surface area contributed by atoms with Crippen LogP contribution in [0, 0.1) is 5.82 Å². The molecule has 150 valence electrons. The monoisotopic (exact) mass is 376 g/mol. The van der Waals surface area contributed by atoms with Crippen LogP contribution in [0.1, 0.15) is 12.8 Å². The van der Waals surface area contributed by atoms with E-state index in [1.54, 1.807) is 0 Å². The number of rotatable bonds is 5. The van der Waals surface area contributed by atoms with Crippen LogP contribution in [-0.2, 0) is 0 Å². The van der Waals surface area contributed by atoms with Gasteiger partial charge in [0.05, 0.1) is 0 Å². The molecule has 0 amide bonds. The molecule has 2 aliphatic heterocycles. The van der Waals surface area contributed by atoms with Crippen LogP contribution in [-0.4, -0.2) is 93.2 Å². The molecule has 0 atom stereocenters. The molecule has 6 nitrogen and oxygen atoms in total. The summed E-state index contributed by atoms with van der Waals surface area (Å²) in [5.74, 6) is 0.463. The molecule has 0 unspecified atom stereocenters. The number of hydrogen-bond acceptors (Lipinski definition) is 4. The second kappa shape index (κ2) is 9.90. The van der Waals surface area contributed by atoms with E-state index < -0.39 is 0 Å². The Bertz CT molecular complexity index is 597. The highest BCUT2D eigenvalue weighted by Gasteiger charge is 2.18. The minimum Gasteiger partial charge on any atom is -0.370 e. The lowest BCUT2D eigenvalue weighted by molar-refractivity contribution is 0.275. The molecule has 27 heavy (non-hydrogen) atoms. The lowest BCUT2D eigenvalue weighted by Crippen LogP contribution is -2.51. The molecule has 3 rings (SSSR count). The Morgan fingerprint density at radius 3 is 2.48 bits per heavy atom. The Labute approximate surface area is 162 Å². The average Bonchev–Trinajstić information content (AvgIpc) is 2.90. The highest BCUT2D eigenvalue weighted by atomic mass is 19.1. The average molecular weight is 377 g/mol. The zero-order valence-electron chi connectivity index (χ0n) is 16.5. The first-order valence-electron chi connectivity index (χ1n) is 10.1. The number of anilines is 1. The molecule has 2 heterocycles. The van der Waals surface area contributed by atoms with E-state index in [9.17, 15) is 4.39 Å². The number of piperazine rings is 1. The molecule has 0 aliphatic carbocycles. The molecule has 0 aromatic heterocycles. The standard InChI is InChI=1S/C20H33FN6/c1-24-9-3-11-25(13-12-24)10-2-8-23-20(22)27-16-14-26(15-17-27)19-6-4-18(21)5-7-19/h4-7H,2-3,8-17H2,1H3,(H2,22,23). The third kappa shape index (κ3) is 6.07. The fraction of sp³-hybridized carbons (Fsp3) is 0.650. The number of guanidine groups is 1. The minimum absolute atomic E-state index is 0.194. The van der Waals surface area contributed by atoms with Crippen molar-refractivity contribution in [2.24, 2.45) is 10.7 Å². The van der Waals surface area contributed by atoms with Crippen molar-refractivity contribution in [3.63, 3.8) is 0 Å². The van der Waals surface area contributed by atoms with Gasteiger partial charge in [-0.3, -0.25) is 4.99 Å². The van der Waals surface area contributed by atoms with Gasteiger partial charge in [0.2, 0.25) is 0 Å². The van der Waals surface area contributed by atoms with Crippen LogP contribution >= 0.6 is 0 Å². The van der Waals surface area contributed by atoms with Gasteiger partial charge in [-0.1, -0.05) is 0 Å². The highest BCUT2D eigenvalue weighted by Crippen LogP contribution is 2.16. The molecular weight excluding hydrogens is 343 g/mol. The van der Waals surface area contributed by atoms with Gasteiger partial charge in [-0.05, 0) is 63.8 Å². The quantitative estimate of drug-likeness (QED) is 0.477. The van der Waals surface area contributed by atoms with E-state index >= 15 is 0 Å². The summed E-state index contributed by atoms with van der Waals surface area (Å²) in [5, 5.41) is 0. The van der Waals surface area contributed by atoms with Crippen molar-refractivity contribution < 1.29 is 4.39 Å². The van der Waals surface area contributed by atoms with Gasteiger partial charge in [0, 0.05) is 51.5 Å². The van der Waals surface area contributed by atoms with Crippen molar-refractivity contribution in [2.75, 3.05) is 77.4 Å². The van der Waals surface area contributed by atoms with E-state index in [4.69, 9.17) is 5.73 Å². The molecule has 2 fully saturated rings. The van der Waals surface area contributed by atoms with Gasteiger partial charge in [-0.15, -0.1) is 0 Å². The Morgan fingerprint density at radius 1 is 1.00 bits per heavy atom. The van der Waals surface area contributed by atoms with E-state index in [1.165, 1.54) is 31.6 Å². The van der Waals surface area contributed by atoms with Gasteiger partial charge in [0.15, 0.2) is 5.96 Å². The Kier molecular flexibility index (Phi) is 7.29. The van der Waals surface area contributed by atoms with Crippen LogP contribution < -0.4 is 10.6 Å². The number of hydrogen-bond donors (Lipinski definition) is 1. The summed E-state index contributed by atoms with van der Waals surface area (Å²) >= 11 is 0. The van der Waals surface area contributed by atoms with E-state index in [0.717, 1.165) is 64.5 Å². The molecule has 2 saturated heterocycles. The van der Waals surface area contributed by atoms with Gasteiger partial charge >= 0.3 is 0 Å². The molecule has 7 heteroatoms. The maximum absolute atomic E-state index is 13.1. The van der Waals surface area contributed by atoms with Crippen molar-refractivity contribution in [2.45, 2.75) is 12.8 Å². The van der Waals surface area contributed by atoms with Gasteiger partial charge in [0.1, 0.15) is 5.82 Å². The number of nitrogens with zero attached hydrogens (tertiary/aromatic N) is 5. The Balaban J connectivity index is 1.37. The molecule has 0 saturated carbocycles. The summed E-state index contributed by atoms with van der Waals surface area (Å²) in [4.78, 5) is 14.0. The fourth-order valence-corrected chi connectivity index (χ4v) is 3.76. The van der Waals surface area contributed by atoms with E-state index in [2.05, 4.69) is 31.6 Å².